The molecule has 374 valence electrons. The third-order valence-corrected chi connectivity index (χ3v) is 12.4. The highest BCUT2D eigenvalue weighted by Crippen LogP contribution is 2.17. The minimum Gasteiger partial charge on any atom is -0.462 e. The Morgan fingerprint density at radius 2 is 0.609 bits per heavy atom. The first-order valence-electron chi connectivity index (χ1n) is 28.0. The maximum absolute atomic E-state index is 12.8. The molecule has 0 N–H and O–H groups in total. The number of rotatable bonds is 51. The fourth-order valence-electron chi connectivity index (χ4n) is 8.22. The van der Waals surface area contributed by atoms with Gasteiger partial charge in [-0.1, -0.05) is 263 Å². The number of esters is 3. The van der Waals surface area contributed by atoms with Gasteiger partial charge in [-0.2, -0.15) is 0 Å². The molecule has 0 bridgehead atoms. The lowest BCUT2D eigenvalue weighted by atomic mass is 10.0. The average molecular weight is 899 g/mol. The van der Waals surface area contributed by atoms with Crippen LogP contribution >= 0.6 is 0 Å². The van der Waals surface area contributed by atoms with Crippen LogP contribution < -0.4 is 0 Å². The number of carbonyl (C=O) groups excluding carboxylic acids is 3. The largest absolute Gasteiger partial charge is 0.462 e. The normalized spacial score (nSPS) is 12.2. The van der Waals surface area contributed by atoms with Crippen LogP contribution in [0.25, 0.3) is 0 Å². The van der Waals surface area contributed by atoms with Crippen LogP contribution in [0.5, 0.6) is 0 Å². The second-order valence-electron chi connectivity index (χ2n) is 18.8. The summed E-state index contributed by atoms with van der Waals surface area (Å²) in [4.78, 5) is 38.0. The quantitative estimate of drug-likeness (QED) is 0.0262. The average Bonchev–Trinajstić information content (AvgIpc) is 3.29. The predicted molar refractivity (Wildman–Crippen MR) is 275 cm³/mol. The molecular formula is C58H106O6. The first-order valence-corrected chi connectivity index (χ1v) is 28.0. The number of allylic oxidation sites excluding steroid dienone is 6. The highest BCUT2D eigenvalue weighted by Gasteiger charge is 2.19. The summed E-state index contributed by atoms with van der Waals surface area (Å²) in [7, 11) is 0. The number of hydrogen-bond acceptors (Lipinski definition) is 6. The van der Waals surface area contributed by atoms with Crippen molar-refractivity contribution in [1.82, 2.24) is 0 Å². The van der Waals surface area contributed by atoms with Gasteiger partial charge in [-0.15, -0.1) is 0 Å². The van der Waals surface area contributed by atoms with Gasteiger partial charge in [-0.25, -0.2) is 0 Å². The van der Waals surface area contributed by atoms with E-state index in [0.29, 0.717) is 19.3 Å². The third-order valence-electron chi connectivity index (χ3n) is 12.4. The van der Waals surface area contributed by atoms with Crippen molar-refractivity contribution in [2.75, 3.05) is 13.2 Å². The molecule has 6 heteroatoms. The first-order chi connectivity index (χ1) is 31.5. The van der Waals surface area contributed by atoms with Crippen molar-refractivity contribution < 1.29 is 28.6 Å². The molecule has 0 aliphatic carbocycles. The van der Waals surface area contributed by atoms with Gasteiger partial charge in [0.15, 0.2) is 6.10 Å². The van der Waals surface area contributed by atoms with Crippen LogP contribution in [0.1, 0.15) is 297 Å². The highest BCUT2D eigenvalue weighted by molar-refractivity contribution is 5.71. The molecule has 0 aromatic rings. The van der Waals surface area contributed by atoms with Crippen LogP contribution in [0.2, 0.25) is 0 Å². The van der Waals surface area contributed by atoms with E-state index in [9.17, 15) is 14.4 Å². The Morgan fingerprint density at radius 3 is 0.953 bits per heavy atom. The zero-order valence-corrected chi connectivity index (χ0v) is 42.8. The minimum atomic E-state index is -0.779. The SMILES string of the molecule is CC/C=C\C/C=C\C/C=C\CCCCCC(=O)OCC(COC(=O)CCCCCCCCCCCCCCCCCCCCC)OC(=O)CCCCCCCCCCCCCCCC. The second kappa shape index (κ2) is 53.2. The van der Waals surface area contributed by atoms with Gasteiger partial charge in [-0.3, -0.25) is 14.4 Å². The molecular weight excluding hydrogens is 793 g/mol. The molecule has 0 aromatic carbocycles. The van der Waals surface area contributed by atoms with E-state index in [0.717, 1.165) is 83.5 Å². The Kier molecular flexibility index (Phi) is 51.3. The van der Waals surface area contributed by atoms with E-state index in [1.165, 1.54) is 173 Å². The molecule has 0 aromatic heterocycles. The van der Waals surface area contributed by atoms with Gasteiger partial charge in [0, 0.05) is 19.3 Å². The van der Waals surface area contributed by atoms with Gasteiger partial charge in [0.2, 0.25) is 0 Å². The fraction of sp³-hybridized carbons (Fsp3) is 0.845. The maximum atomic E-state index is 12.8. The van der Waals surface area contributed by atoms with Crippen LogP contribution in [0.15, 0.2) is 36.5 Å². The van der Waals surface area contributed by atoms with Crippen LogP contribution in [0.4, 0.5) is 0 Å². The molecule has 0 saturated carbocycles. The van der Waals surface area contributed by atoms with Crippen molar-refractivity contribution in [2.24, 2.45) is 0 Å². The molecule has 64 heavy (non-hydrogen) atoms. The summed E-state index contributed by atoms with van der Waals surface area (Å²) in [6, 6.07) is 0. The van der Waals surface area contributed by atoms with Gasteiger partial charge in [0.25, 0.3) is 0 Å². The summed E-state index contributed by atoms with van der Waals surface area (Å²) in [5, 5.41) is 0. The van der Waals surface area contributed by atoms with Gasteiger partial charge >= 0.3 is 17.9 Å². The number of ether oxygens (including phenoxy) is 3. The minimum absolute atomic E-state index is 0.0767. The first kappa shape index (κ1) is 61.6. The molecule has 0 heterocycles. The Morgan fingerprint density at radius 1 is 0.328 bits per heavy atom. The third kappa shape index (κ3) is 50.6. The summed E-state index contributed by atoms with van der Waals surface area (Å²) in [6.45, 7) is 6.54. The number of carbonyl (C=O) groups is 3. The maximum Gasteiger partial charge on any atom is 0.306 e. The molecule has 0 spiro atoms. The highest BCUT2D eigenvalue weighted by atomic mass is 16.6. The van der Waals surface area contributed by atoms with E-state index in [1.807, 2.05) is 0 Å². The zero-order valence-electron chi connectivity index (χ0n) is 42.8. The van der Waals surface area contributed by atoms with Crippen molar-refractivity contribution in [3.8, 4) is 0 Å². The number of hydrogen-bond donors (Lipinski definition) is 0. The molecule has 1 atom stereocenters. The van der Waals surface area contributed by atoms with Crippen LogP contribution in [0, 0.1) is 0 Å². The standard InChI is InChI=1S/C58H106O6/c1-4-7-10-13-16-19-22-25-27-28-29-30-31-34-36-39-42-45-48-51-57(60)63-54-55(53-62-56(59)50-47-44-41-38-35-32-24-21-18-15-12-9-6-3)64-58(61)52-49-46-43-40-37-33-26-23-20-17-14-11-8-5-2/h9,12,18,21,32,35,55H,4-8,10-11,13-17,19-20,22-31,33-34,36-54H2,1-3H3/b12-9-,21-18-,35-32-. The summed E-state index contributed by atoms with van der Waals surface area (Å²) in [5.74, 6) is -0.890. The Balaban J connectivity index is 4.32. The van der Waals surface area contributed by atoms with Crippen LogP contribution in [0.3, 0.4) is 0 Å². The number of unbranched alkanes of at least 4 members (excludes halogenated alkanes) is 34. The zero-order chi connectivity index (χ0) is 46.5. The van der Waals surface area contributed by atoms with Gasteiger partial charge in [-0.05, 0) is 51.4 Å². The second-order valence-corrected chi connectivity index (χ2v) is 18.8. The van der Waals surface area contributed by atoms with Crippen molar-refractivity contribution in [2.45, 2.75) is 303 Å². The summed E-state index contributed by atoms with van der Waals surface area (Å²) >= 11 is 0. The molecule has 0 saturated heterocycles. The Hall–Kier alpha value is -2.37. The molecule has 0 aliphatic rings. The van der Waals surface area contributed by atoms with E-state index in [4.69, 9.17) is 14.2 Å². The van der Waals surface area contributed by atoms with Crippen molar-refractivity contribution in [1.29, 1.82) is 0 Å². The van der Waals surface area contributed by atoms with E-state index < -0.39 is 6.10 Å². The lowest BCUT2D eigenvalue weighted by molar-refractivity contribution is -0.167. The molecule has 0 fully saturated rings. The van der Waals surface area contributed by atoms with E-state index in [-0.39, 0.29) is 31.1 Å². The summed E-state index contributed by atoms with van der Waals surface area (Å²) in [5.41, 5.74) is 0. The topological polar surface area (TPSA) is 78.9 Å². The van der Waals surface area contributed by atoms with Crippen LogP contribution in [-0.2, 0) is 28.6 Å². The molecule has 0 aliphatic heterocycles. The van der Waals surface area contributed by atoms with E-state index in [2.05, 4.69) is 57.2 Å². The smallest absolute Gasteiger partial charge is 0.306 e. The summed E-state index contributed by atoms with van der Waals surface area (Å²) in [6.07, 6.45) is 62.8. The predicted octanol–water partition coefficient (Wildman–Crippen LogP) is 18.5. The molecule has 1 unspecified atom stereocenters. The van der Waals surface area contributed by atoms with Crippen molar-refractivity contribution in [3.05, 3.63) is 36.5 Å². The van der Waals surface area contributed by atoms with Gasteiger partial charge < -0.3 is 14.2 Å². The molecule has 6 nitrogen and oxygen atoms in total. The Bertz CT molecular complexity index is 1080. The lowest BCUT2D eigenvalue weighted by Gasteiger charge is -2.18. The van der Waals surface area contributed by atoms with Gasteiger partial charge in [0.05, 0.1) is 0 Å². The monoisotopic (exact) mass is 899 g/mol. The Labute approximate surface area is 397 Å². The fourth-order valence-corrected chi connectivity index (χ4v) is 8.22. The molecule has 0 rings (SSSR count). The molecule has 0 radical (unpaired) electrons. The molecule has 0 amide bonds. The van der Waals surface area contributed by atoms with E-state index >= 15 is 0 Å². The van der Waals surface area contributed by atoms with Gasteiger partial charge in [0.1, 0.15) is 13.2 Å². The lowest BCUT2D eigenvalue weighted by Crippen LogP contribution is -2.30. The summed E-state index contributed by atoms with van der Waals surface area (Å²) < 4.78 is 16.8. The van der Waals surface area contributed by atoms with Crippen molar-refractivity contribution in [3.63, 3.8) is 0 Å². The van der Waals surface area contributed by atoms with E-state index in [1.54, 1.807) is 0 Å². The van der Waals surface area contributed by atoms with Crippen molar-refractivity contribution >= 4 is 17.9 Å². The van der Waals surface area contributed by atoms with Crippen LogP contribution in [-0.4, -0.2) is 37.2 Å².